The number of nitrogens with one attached hydrogen (secondary N) is 3. The Morgan fingerprint density at radius 3 is 2.48 bits per heavy atom. The molecule has 1 aliphatic rings. The number of fused-ring (bicyclic) bond motifs is 2. The van der Waals surface area contributed by atoms with Gasteiger partial charge in [0.25, 0.3) is 10.0 Å². The molecule has 1 aliphatic heterocycles. The number of hydrogen-bond acceptors (Lipinski definition) is 9. The van der Waals surface area contributed by atoms with Crippen LogP contribution in [0.1, 0.15) is 13.8 Å². The van der Waals surface area contributed by atoms with Gasteiger partial charge in [0.2, 0.25) is 0 Å². The first-order valence-electron chi connectivity index (χ1n) is 14.8. The third kappa shape index (κ3) is 5.85. The zero-order valence-electron chi connectivity index (χ0n) is 25.4. The van der Waals surface area contributed by atoms with Gasteiger partial charge in [-0.3, -0.25) is 9.29 Å². The summed E-state index contributed by atoms with van der Waals surface area (Å²) in [6.45, 7) is 5.97. The number of imidazole rings is 1. The molecular formula is C32H27Cl2F2N9O2S. The van der Waals surface area contributed by atoms with Gasteiger partial charge in [-0.2, -0.15) is 0 Å². The Balaban J connectivity index is 1.24. The number of sulfonamides is 1. The Kier molecular flexibility index (Phi) is 8.27. The maximum Gasteiger partial charge on any atom is 0.263 e. The molecule has 16 heteroatoms. The molecule has 7 rings (SSSR count). The lowest BCUT2D eigenvalue weighted by Gasteiger charge is -2.37. The molecule has 4 heterocycles. The lowest BCUT2D eigenvalue weighted by atomic mass is 10.1. The van der Waals surface area contributed by atoms with Gasteiger partial charge in [-0.1, -0.05) is 35.3 Å². The number of pyridine rings is 1. The van der Waals surface area contributed by atoms with E-state index in [2.05, 4.69) is 50.1 Å². The van der Waals surface area contributed by atoms with E-state index in [0.29, 0.717) is 23.4 Å². The van der Waals surface area contributed by atoms with Crippen LogP contribution in [0.3, 0.4) is 0 Å². The molecule has 0 saturated carbocycles. The van der Waals surface area contributed by atoms with Crippen LogP contribution >= 0.6 is 23.2 Å². The van der Waals surface area contributed by atoms with Crippen molar-refractivity contribution in [3.63, 3.8) is 0 Å². The van der Waals surface area contributed by atoms with Crippen LogP contribution in [-0.4, -0.2) is 58.1 Å². The van der Waals surface area contributed by atoms with E-state index in [9.17, 15) is 8.42 Å². The van der Waals surface area contributed by atoms with E-state index >= 15 is 8.78 Å². The van der Waals surface area contributed by atoms with Crippen LogP contribution in [0, 0.1) is 11.6 Å². The summed E-state index contributed by atoms with van der Waals surface area (Å²) >= 11 is 12.1. The van der Waals surface area contributed by atoms with E-state index in [0.717, 1.165) is 41.9 Å². The van der Waals surface area contributed by atoms with Crippen LogP contribution < -0.4 is 20.3 Å². The molecule has 1 fully saturated rings. The lowest BCUT2D eigenvalue weighted by molar-refractivity contribution is 0.407. The Morgan fingerprint density at radius 1 is 0.917 bits per heavy atom. The summed E-state index contributed by atoms with van der Waals surface area (Å²) in [6.07, 6.45) is 2.90. The molecule has 6 aromatic rings. The fourth-order valence-corrected chi connectivity index (χ4v) is 7.72. The molecule has 0 amide bonds. The van der Waals surface area contributed by atoms with Gasteiger partial charge in [0.05, 0.1) is 32.5 Å². The second-order valence-corrected chi connectivity index (χ2v) is 13.9. The quantitative estimate of drug-likeness (QED) is 0.166. The number of para-hydroxylation sites is 1. The minimum atomic E-state index is -4.40. The van der Waals surface area contributed by atoms with Crippen molar-refractivity contribution in [2.45, 2.75) is 30.8 Å². The van der Waals surface area contributed by atoms with Crippen molar-refractivity contribution < 1.29 is 17.2 Å². The van der Waals surface area contributed by atoms with Crippen LogP contribution in [0.2, 0.25) is 10.0 Å². The predicted octanol–water partition coefficient (Wildman–Crippen LogP) is 6.68. The summed E-state index contributed by atoms with van der Waals surface area (Å²) in [5, 5.41) is 5.96. The molecule has 3 N–H and O–H groups in total. The summed E-state index contributed by atoms with van der Waals surface area (Å²) in [4.78, 5) is 19.9. The molecule has 2 atom stereocenters. The van der Waals surface area contributed by atoms with Crippen molar-refractivity contribution in [1.29, 1.82) is 0 Å². The number of hydrogen-bond donors (Lipinski definition) is 3. The Bertz CT molecular complexity index is 2310. The molecule has 3 aromatic carbocycles. The molecule has 0 spiro atoms. The normalized spacial score (nSPS) is 16.8. The molecule has 0 radical (unpaired) electrons. The predicted molar refractivity (Wildman–Crippen MR) is 183 cm³/mol. The van der Waals surface area contributed by atoms with Crippen molar-refractivity contribution in [3.8, 4) is 5.82 Å². The highest BCUT2D eigenvalue weighted by molar-refractivity contribution is 7.92. The third-order valence-electron chi connectivity index (χ3n) is 7.95. The summed E-state index contributed by atoms with van der Waals surface area (Å²) in [5.41, 5.74) is 2.07. The molecule has 1 saturated heterocycles. The van der Waals surface area contributed by atoms with E-state index in [1.54, 1.807) is 18.5 Å². The fraction of sp³-hybridized carbons (Fsp3) is 0.188. The van der Waals surface area contributed by atoms with Crippen LogP contribution in [0.15, 0.2) is 78.2 Å². The zero-order chi connectivity index (χ0) is 33.7. The number of halogens is 4. The Hall–Kier alpha value is -4.63. The van der Waals surface area contributed by atoms with Crippen molar-refractivity contribution in [2.75, 3.05) is 28.0 Å². The van der Waals surface area contributed by atoms with E-state index < -0.39 is 33.0 Å². The highest BCUT2D eigenvalue weighted by atomic mass is 35.5. The number of nitrogens with zero attached hydrogens (tertiary/aromatic N) is 6. The molecule has 246 valence electrons. The first kappa shape index (κ1) is 31.9. The Labute approximate surface area is 284 Å². The molecule has 0 unspecified atom stereocenters. The van der Waals surface area contributed by atoms with Gasteiger partial charge in [-0.05, 0) is 62.4 Å². The highest BCUT2D eigenvalue weighted by Gasteiger charge is 2.25. The lowest BCUT2D eigenvalue weighted by Crippen LogP contribution is -2.54. The van der Waals surface area contributed by atoms with E-state index in [4.69, 9.17) is 33.2 Å². The third-order valence-corrected chi connectivity index (χ3v) is 10.3. The van der Waals surface area contributed by atoms with E-state index in [1.807, 2.05) is 16.7 Å². The van der Waals surface area contributed by atoms with Crippen LogP contribution in [0.5, 0.6) is 0 Å². The average Bonchev–Trinajstić information content (AvgIpc) is 3.49. The van der Waals surface area contributed by atoms with Crippen LogP contribution in [0.25, 0.3) is 27.9 Å². The van der Waals surface area contributed by atoms with Crippen LogP contribution in [0.4, 0.5) is 31.7 Å². The van der Waals surface area contributed by atoms with Gasteiger partial charge >= 0.3 is 0 Å². The molecule has 11 nitrogen and oxygen atoms in total. The number of aromatic nitrogens is 5. The summed E-state index contributed by atoms with van der Waals surface area (Å²) in [7, 11) is -4.40. The van der Waals surface area contributed by atoms with Gasteiger partial charge in [0.15, 0.2) is 11.6 Å². The summed E-state index contributed by atoms with van der Waals surface area (Å²) < 4.78 is 61.0. The first-order valence-corrected chi connectivity index (χ1v) is 17.0. The monoisotopic (exact) mass is 709 g/mol. The summed E-state index contributed by atoms with van der Waals surface area (Å²) in [5.74, 6) is -1.75. The minimum Gasteiger partial charge on any atom is -0.367 e. The van der Waals surface area contributed by atoms with Gasteiger partial charge in [-0.15, -0.1) is 0 Å². The van der Waals surface area contributed by atoms with Gasteiger partial charge in [0.1, 0.15) is 45.9 Å². The molecule has 0 aliphatic carbocycles. The zero-order valence-corrected chi connectivity index (χ0v) is 27.7. The summed E-state index contributed by atoms with van der Waals surface area (Å²) in [6, 6.07) is 16.0. The smallest absolute Gasteiger partial charge is 0.263 e. The standard InChI is InChI=1S/C32H27Cl2F2N9O2S/c1-17-13-44(14-18(2)40-17)23-6-4-7-24-31(23)39-16-45(24)26-12-11-22-30(41-26)32(38-15-37-22)42-29-20(35)9-10-21(28(29)36)43-48(46,47)25-8-3-5-19(33)27(25)34/h3-12,15-18,40,43H,13-14H2,1-2H3,(H,37,38,42)/t17-,18+. The molecule has 3 aromatic heterocycles. The largest absolute Gasteiger partial charge is 0.367 e. The fourth-order valence-electron chi connectivity index (χ4n) is 5.90. The molecule has 0 bridgehead atoms. The molecular weight excluding hydrogens is 683 g/mol. The maximum absolute atomic E-state index is 15.8. The number of piperazine rings is 1. The van der Waals surface area contributed by atoms with Crippen molar-refractivity contribution in [1.82, 2.24) is 29.8 Å². The number of anilines is 4. The van der Waals surface area contributed by atoms with E-state index in [1.165, 1.54) is 24.5 Å². The van der Waals surface area contributed by atoms with Crippen LogP contribution in [-0.2, 0) is 10.0 Å². The van der Waals surface area contributed by atoms with Gasteiger partial charge < -0.3 is 15.5 Å². The Morgan fingerprint density at radius 2 is 1.69 bits per heavy atom. The SMILES string of the molecule is C[C@@H]1CN(c2cccc3c2ncn3-c2ccc3ncnc(Nc4c(F)ccc(NS(=O)(=O)c5cccc(Cl)c5Cl)c4F)c3n2)C[C@H](C)N1. The van der Waals surface area contributed by atoms with Gasteiger partial charge in [-0.25, -0.2) is 37.1 Å². The second-order valence-electron chi connectivity index (χ2n) is 11.5. The van der Waals surface area contributed by atoms with Crippen molar-refractivity contribution in [3.05, 3.63) is 95.0 Å². The number of benzene rings is 3. The average molecular weight is 711 g/mol. The van der Waals surface area contributed by atoms with Crippen molar-refractivity contribution >= 4 is 78.2 Å². The topological polar surface area (TPSA) is 130 Å². The van der Waals surface area contributed by atoms with Crippen molar-refractivity contribution in [2.24, 2.45) is 0 Å². The van der Waals surface area contributed by atoms with Gasteiger partial charge in [0, 0.05) is 25.2 Å². The highest BCUT2D eigenvalue weighted by Crippen LogP contribution is 2.35. The molecule has 48 heavy (non-hydrogen) atoms. The first-order chi connectivity index (χ1) is 23.0. The van der Waals surface area contributed by atoms with E-state index in [-0.39, 0.29) is 26.3 Å². The number of rotatable bonds is 7. The second kappa shape index (κ2) is 12.4. The minimum absolute atomic E-state index is 0.00284. The maximum atomic E-state index is 15.8.